The molecule has 0 nitrogen and oxygen atoms in total. The van der Waals surface area contributed by atoms with Gasteiger partial charge in [-0.1, -0.05) is 32.6 Å². The summed E-state index contributed by atoms with van der Waals surface area (Å²) in [7, 11) is -0.963. The molecule has 184 valence electrons. The minimum absolute atomic E-state index is 0.963. The van der Waals surface area contributed by atoms with Crippen molar-refractivity contribution in [3.05, 3.63) is 0 Å². The van der Waals surface area contributed by atoms with Gasteiger partial charge in [0.05, 0.1) is 0 Å². The van der Waals surface area contributed by atoms with Gasteiger partial charge in [0.25, 0.3) is 0 Å². The van der Waals surface area contributed by atoms with Crippen LogP contribution in [-0.2, 0) is 0 Å². The van der Waals surface area contributed by atoms with E-state index in [9.17, 15) is 0 Å². The Morgan fingerprint density at radius 2 is 0.500 bits per heavy atom. The molecule has 0 fully saturated rings. The van der Waals surface area contributed by atoms with Gasteiger partial charge in [0, 0.05) is 0 Å². The molecule has 0 aromatic heterocycles. The number of hydrogen-bond acceptors (Lipinski definition) is 0. The second-order valence-electron chi connectivity index (χ2n) is 10.5. The van der Waals surface area contributed by atoms with Crippen molar-refractivity contribution in [1.82, 2.24) is 0 Å². The van der Waals surface area contributed by atoms with Crippen LogP contribution in [-0.4, -0.2) is 24.6 Å². The molecule has 0 rings (SSSR count). The van der Waals surface area contributed by atoms with E-state index in [-0.39, 0.29) is 0 Å². The third-order valence-electron chi connectivity index (χ3n) is 7.49. The summed E-state index contributed by atoms with van der Waals surface area (Å²) in [4.78, 5) is 0. The number of hydrogen-bond donors (Lipinski definition) is 0. The molecule has 0 saturated carbocycles. The molecular weight excluding hydrogens is 379 g/mol. The van der Waals surface area contributed by atoms with Gasteiger partial charge >= 0.3 is 162 Å². The fraction of sp³-hybridized carbons (Fsp3) is 1.00. The Bertz CT molecular complexity index is 290. The van der Waals surface area contributed by atoms with E-state index in [0.29, 0.717) is 0 Å². The summed E-state index contributed by atoms with van der Waals surface area (Å²) in [5.74, 6) is 0. The van der Waals surface area contributed by atoms with Crippen LogP contribution in [0.5, 0.6) is 0 Å². The molecule has 1 heteroatoms. The molecule has 0 amide bonds. The second-order valence-corrected chi connectivity index (χ2v) is 15.5. The SMILES string of the molecule is CCCCCCCCCCCCCCCCC[PH](CCCC)(CCCC)CCCC. The predicted octanol–water partition coefficient (Wildman–Crippen LogP) is 11.0. The summed E-state index contributed by atoms with van der Waals surface area (Å²) in [6.07, 6.45) is 37.7. The molecule has 0 unspecified atom stereocenters. The molecule has 0 aliphatic carbocycles. The Kier molecular flexibility index (Phi) is 24.4. The van der Waals surface area contributed by atoms with Crippen LogP contribution in [0.1, 0.15) is 163 Å². The molecular formula is C29H63P. The minimum atomic E-state index is -0.963. The molecule has 0 saturated heterocycles. The van der Waals surface area contributed by atoms with Gasteiger partial charge in [-0.25, -0.2) is 0 Å². The standard InChI is InChI=1S/C29H63P/c1-5-9-13-14-15-16-17-18-19-20-21-22-23-24-25-29-30(26-10-6-2,27-11-7-3)28-12-8-4/h30H,5-29H2,1-4H3. The van der Waals surface area contributed by atoms with E-state index >= 15 is 0 Å². The first-order valence-corrected chi connectivity index (χ1v) is 17.6. The van der Waals surface area contributed by atoms with E-state index in [1.807, 2.05) is 0 Å². The maximum atomic E-state index is 2.40. The van der Waals surface area contributed by atoms with Gasteiger partial charge in [0.1, 0.15) is 0 Å². The average Bonchev–Trinajstić information content (AvgIpc) is 2.77. The number of unbranched alkanes of at least 4 members (excludes halogenated alkanes) is 17. The van der Waals surface area contributed by atoms with E-state index in [2.05, 4.69) is 27.7 Å². The van der Waals surface area contributed by atoms with Crippen LogP contribution in [0, 0.1) is 0 Å². The molecule has 0 aromatic rings. The monoisotopic (exact) mass is 442 g/mol. The van der Waals surface area contributed by atoms with Crippen molar-refractivity contribution < 1.29 is 0 Å². The van der Waals surface area contributed by atoms with Crippen molar-refractivity contribution >= 4 is 7.26 Å². The molecule has 0 aliphatic rings. The molecule has 0 heterocycles. The Balaban J connectivity index is 3.75. The third-order valence-corrected chi connectivity index (χ3v) is 13.1. The van der Waals surface area contributed by atoms with Gasteiger partial charge in [0.2, 0.25) is 0 Å². The average molecular weight is 443 g/mol. The fourth-order valence-corrected chi connectivity index (χ4v) is 11.1. The zero-order valence-electron chi connectivity index (χ0n) is 22.2. The van der Waals surface area contributed by atoms with Crippen molar-refractivity contribution in [3.63, 3.8) is 0 Å². The van der Waals surface area contributed by atoms with Crippen molar-refractivity contribution in [2.75, 3.05) is 24.6 Å². The first-order chi connectivity index (χ1) is 14.7. The molecule has 0 spiro atoms. The van der Waals surface area contributed by atoms with E-state index < -0.39 is 7.26 Å². The molecule has 0 aromatic carbocycles. The third kappa shape index (κ3) is 19.1. The molecule has 0 atom stereocenters. The quantitative estimate of drug-likeness (QED) is 0.0973. The zero-order valence-corrected chi connectivity index (χ0v) is 23.2. The Hall–Kier alpha value is 0.430. The molecule has 0 N–H and O–H groups in total. The first-order valence-electron chi connectivity index (χ1n) is 14.7. The summed E-state index contributed by atoms with van der Waals surface area (Å²) < 4.78 is 0. The van der Waals surface area contributed by atoms with Crippen LogP contribution >= 0.6 is 7.26 Å². The summed E-state index contributed by atoms with van der Waals surface area (Å²) >= 11 is 0. The Labute approximate surface area is 194 Å². The zero-order chi connectivity index (χ0) is 22.2. The van der Waals surface area contributed by atoms with Gasteiger partial charge in [-0.15, -0.1) is 0 Å². The van der Waals surface area contributed by atoms with Crippen LogP contribution in [0.25, 0.3) is 0 Å². The summed E-state index contributed by atoms with van der Waals surface area (Å²) in [6.45, 7) is 9.49. The van der Waals surface area contributed by atoms with Crippen LogP contribution in [0.3, 0.4) is 0 Å². The Morgan fingerprint density at radius 1 is 0.267 bits per heavy atom. The second kappa shape index (κ2) is 24.1. The molecule has 0 aliphatic heterocycles. The number of rotatable bonds is 25. The molecule has 0 bridgehead atoms. The normalized spacial score (nSPS) is 12.5. The summed E-state index contributed by atoms with van der Waals surface area (Å²) in [5, 5.41) is 0. The first kappa shape index (κ1) is 30.4. The van der Waals surface area contributed by atoms with Crippen LogP contribution in [0.15, 0.2) is 0 Å². The predicted molar refractivity (Wildman–Crippen MR) is 147 cm³/mol. The molecule has 30 heavy (non-hydrogen) atoms. The maximum absolute atomic E-state index is 2.40. The van der Waals surface area contributed by atoms with Gasteiger partial charge < -0.3 is 0 Å². The van der Waals surface area contributed by atoms with Crippen molar-refractivity contribution in [2.45, 2.75) is 163 Å². The fourth-order valence-electron chi connectivity index (χ4n) is 5.28. The van der Waals surface area contributed by atoms with E-state index in [0.717, 1.165) is 0 Å². The van der Waals surface area contributed by atoms with Gasteiger partial charge in [0.15, 0.2) is 0 Å². The van der Waals surface area contributed by atoms with Crippen molar-refractivity contribution in [1.29, 1.82) is 0 Å². The van der Waals surface area contributed by atoms with Gasteiger partial charge in [-0.3, -0.25) is 0 Å². The Morgan fingerprint density at radius 3 is 0.800 bits per heavy atom. The summed E-state index contributed by atoms with van der Waals surface area (Å²) in [5.41, 5.74) is 0. The molecule has 0 radical (unpaired) electrons. The van der Waals surface area contributed by atoms with Gasteiger partial charge in [-0.2, -0.15) is 0 Å². The van der Waals surface area contributed by atoms with Crippen molar-refractivity contribution in [3.8, 4) is 0 Å². The van der Waals surface area contributed by atoms with E-state index in [4.69, 9.17) is 0 Å². The summed E-state index contributed by atoms with van der Waals surface area (Å²) in [6, 6.07) is 0. The van der Waals surface area contributed by atoms with Crippen LogP contribution in [0.2, 0.25) is 0 Å². The van der Waals surface area contributed by atoms with E-state index in [1.54, 1.807) is 31.1 Å². The van der Waals surface area contributed by atoms with Crippen molar-refractivity contribution in [2.24, 2.45) is 0 Å². The van der Waals surface area contributed by atoms with Crippen LogP contribution < -0.4 is 0 Å². The van der Waals surface area contributed by atoms with Crippen LogP contribution in [0.4, 0.5) is 0 Å². The topological polar surface area (TPSA) is 0 Å². The van der Waals surface area contributed by atoms with Gasteiger partial charge in [-0.05, 0) is 0 Å². The van der Waals surface area contributed by atoms with E-state index in [1.165, 1.54) is 128 Å².